The first-order valence-corrected chi connectivity index (χ1v) is 7.06. The zero-order chi connectivity index (χ0) is 15.8. The zero-order valence-electron chi connectivity index (χ0n) is 11.8. The molecule has 1 aromatic carbocycles. The monoisotopic (exact) mass is 315 g/mol. The highest BCUT2D eigenvalue weighted by Crippen LogP contribution is 2.28. The van der Waals surface area contributed by atoms with Crippen LogP contribution in [0.3, 0.4) is 0 Å². The van der Waals surface area contributed by atoms with Gasteiger partial charge in [-0.3, -0.25) is 9.78 Å². The summed E-state index contributed by atoms with van der Waals surface area (Å²) >= 11 is 6.13. The standard InChI is InChI=1S/C16H14ClN3O2/c17-14-10-12(20-16(21)5-3-8-18)6-7-15(14)22-11-13-4-1-2-9-19-13/h1-2,4,6-7,9-10H,3,5,11H2,(H,20,21). The van der Waals surface area contributed by atoms with E-state index in [1.807, 2.05) is 24.3 Å². The Balaban J connectivity index is 1.95. The third-order valence-electron chi connectivity index (χ3n) is 2.78. The Morgan fingerprint density at radius 2 is 2.23 bits per heavy atom. The summed E-state index contributed by atoms with van der Waals surface area (Å²) in [6.07, 6.45) is 2.04. The van der Waals surface area contributed by atoms with Crippen LogP contribution in [0, 0.1) is 11.3 Å². The van der Waals surface area contributed by atoms with Crippen LogP contribution >= 0.6 is 11.6 Å². The van der Waals surface area contributed by atoms with Crippen molar-refractivity contribution >= 4 is 23.2 Å². The van der Waals surface area contributed by atoms with Gasteiger partial charge in [-0.05, 0) is 30.3 Å². The van der Waals surface area contributed by atoms with Gasteiger partial charge in [0.2, 0.25) is 5.91 Å². The van der Waals surface area contributed by atoms with E-state index in [1.54, 1.807) is 24.4 Å². The van der Waals surface area contributed by atoms with Crippen molar-refractivity contribution in [3.63, 3.8) is 0 Å². The summed E-state index contributed by atoms with van der Waals surface area (Å²) in [7, 11) is 0. The molecule has 1 aromatic heterocycles. The number of anilines is 1. The fourth-order valence-corrected chi connectivity index (χ4v) is 1.96. The van der Waals surface area contributed by atoms with Gasteiger partial charge in [-0.2, -0.15) is 5.26 Å². The molecule has 0 saturated carbocycles. The van der Waals surface area contributed by atoms with E-state index in [2.05, 4.69) is 10.3 Å². The number of nitriles is 1. The molecule has 0 unspecified atom stereocenters. The van der Waals surface area contributed by atoms with Crippen LogP contribution < -0.4 is 10.1 Å². The summed E-state index contributed by atoms with van der Waals surface area (Å²) in [4.78, 5) is 15.7. The predicted octanol–water partition coefficient (Wildman–Crippen LogP) is 3.56. The number of pyridine rings is 1. The minimum Gasteiger partial charge on any atom is -0.486 e. The van der Waals surface area contributed by atoms with Crippen LogP contribution in [0.15, 0.2) is 42.6 Å². The molecule has 0 atom stereocenters. The molecule has 1 N–H and O–H groups in total. The van der Waals surface area contributed by atoms with E-state index in [4.69, 9.17) is 21.6 Å². The second-order valence-electron chi connectivity index (χ2n) is 4.46. The molecule has 6 heteroatoms. The Labute approximate surface area is 133 Å². The quantitative estimate of drug-likeness (QED) is 0.884. The van der Waals surface area contributed by atoms with Crippen molar-refractivity contribution in [3.05, 3.63) is 53.3 Å². The number of carbonyl (C=O) groups is 1. The van der Waals surface area contributed by atoms with Gasteiger partial charge in [-0.25, -0.2) is 0 Å². The van der Waals surface area contributed by atoms with Gasteiger partial charge >= 0.3 is 0 Å². The van der Waals surface area contributed by atoms with Gasteiger partial charge in [0.1, 0.15) is 12.4 Å². The number of nitrogens with zero attached hydrogens (tertiary/aromatic N) is 2. The van der Waals surface area contributed by atoms with Crippen LogP contribution in [0.5, 0.6) is 5.75 Å². The first kappa shape index (κ1) is 15.8. The molecule has 0 spiro atoms. The van der Waals surface area contributed by atoms with Crippen molar-refractivity contribution in [2.24, 2.45) is 0 Å². The summed E-state index contributed by atoms with van der Waals surface area (Å²) in [6.45, 7) is 0.314. The van der Waals surface area contributed by atoms with Crippen LogP contribution in [0.4, 0.5) is 5.69 Å². The lowest BCUT2D eigenvalue weighted by Crippen LogP contribution is -2.10. The van der Waals surface area contributed by atoms with Crippen LogP contribution in [-0.2, 0) is 11.4 Å². The number of benzene rings is 1. The minimum absolute atomic E-state index is 0.159. The third-order valence-corrected chi connectivity index (χ3v) is 3.08. The second-order valence-corrected chi connectivity index (χ2v) is 4.87. The molecule has 0 fully saturated rings. The maximum atomic E-state index is 11.5. The Bertz CT molecular complexity index is 684. The number of ether oxygens (including phenoxy) is 1. The Morgan fingerprint density at radius 1 is 1.36 bits per heavy atom. The molecule has 0 radical (unpaired) electrons. The van der Waals surface area contributed by atoms with Crippen molar-refractivity contribution in [1.29, 1.82) is 5.26 Å². The van der Waals surface area contributed by atoms with Crippen molar-refractivity contribution in [3.8, 4) is 11.8 Å². The van der Waals surface area contributed by atoms with E-state index in [-0.39, 0.29) is 18.7 Å². The first-order chi connectivity index (χ1) is 10.7. The van der Waals surface area contributed by atoms with Crippen LogP contribution in [0.2, 0.25) is 5.02 Å². The van der Waals surface area contributed by atoms with Crippen molar-refractivity contribution < 1.29 is 9.53 Å². The molecular weight excluding hydrogens is 302 g/mol. The fraction of sp³-hybridized carbons (Fsp3) is 0.188. The SMILES string of the molecule is N#CCCC(=O)Nc1ccc(OCc2ccccn2)c(Cl)c1. The van der Waals surface area contributed by atoms with Crippen LogP contribution in [0.25, 0.3) is 0 Å². The highest BCUT2D eigenvalue weighted by atomic mass is 35.5. The summed E-state index contributed by atoms with van der Waals surface area (Å²) < 4.78 is 5.60. The number of amides is 1. The summed E-state index contributed by atoms with van der Waals surface area (Å²) in [5, 5.41) is 11.5. The van der Waals surface area contributed by atoms with E-state index in [1.165, 1.54) is 0 Å². The van der Waals surface area contributed by atoms with E-state index in [9.17, 15) is 4.79 Å². The Kier molecular flexibility index (Phi) is 5.75. The minimum atomic E-state index is -0.222. The lowest BCUT2D eigenvalue weighted by atomic mass is 10.2. The van der Waals surface area contributed by atoms with Crippen molar-refractivity contribution in [2.45, 2.75) is 19.4 Å². The topological polar surface area (TPSA) is 75.0 Å². The average Bonchev–Trinajstić information content (AvgIpc) is 2.53. The smallest absolute Gasteiger partial charge is 0.225 e. The number of nitrogens with one attached hydrogen (secondary N) is 1. The van der Waals surface area contributed by atoms with Gasteiger partial charge in [0.05, 0.1) is 16.8 Å². The van der Waals surface area contributed by atoms with Crippen LogP contribution in [-0.4, -0.2) is 10.9 Å². The molecular formula is C16H14ClN3O2. The summed E-state index contributed by atoms with van der Waals surface area (Å²) in [6, 6.07) is 12.5. The second kappa shape index (κ2) is 8.01. The van der Waals surface area contributed by atoms with Gasteiger partial charge in [-0.15, -0.1) is 0 Å². The maximum Gasteiger partial charge on any atom is 0.225 e. The molecule has 0 aliphatic rings. The molecule has 2 rings (SSSR count). The molecule has 2 aromatic rings. The summed E-state index contributed by atoms with van der Waals surface area (Å²) in [5.74, 6) is 0.294. The van der Waals surface area contributed by atoms with E-state index in [0.29, 0.717) is 23.1 Å². The molecule has 0 saturated heterocycles. The predicted molar refractivity (Wildman–Crippen MR) is 83.5 cm³/mol. The van der Waals surface area contributed by atoms with Crippen LogP contribution in [0.1, 0.15) is 18.5 Å². The molecule has 112 valence electrons. The van der Waals surface area contributed by atoms with E-state index >= 15 is 0 Å². The van der Waals surface area contributed by atoms with Gasteiger partial charge in [0.25, 0.3) is 0 Å². The molecule has 0 aliphatic heterocycles. The van der Waals surface area contributed by atoms with E-state index in [0.717, 1.165) is 5.69 Å². The summed E-state index contributed by atoms with van der Waals surface area (Å²) in [5.41, 5.74) is 1.37. The van der Waals surface area contributed by atoms with E-state index < -0.39 is 0 Å². The number of aromatic nitrogens is 1. The number of carbonyl (C=O) groups excluding carboxylic acids is 1. The lowest BCUT2D eigenvalue weighted by Gasteiger charge is -2.10. The Morgan fingerprint density at radius 3 is 2.91 bits per heavy atom. The number of halogens is 1. The lowest BCUT2D eigenvalue weighted by molar-refractivity contribution is -0.116. The van der Waals surface area contributed by atoms with Gasteiger partial charge in [0, 0.05) is 24.7 Å². The van der Waals surface area contributed by atoms with Gasteiger partial charge in [0.15, 0.2) is 0 Å². The normalized spacial score (nSPS) is 9.82. The Hall–Kier alpha value is -2.58. The third kappa shape index (κ3) is 4.76. The fourth-order valence-electron chi connectivity index (χ4n) is 1.72. The molecule has 1 amide bonds. The van der Waals surface area contributed by atoms with Gasteiger partial charge in [-0.1, -0.05) is 17.7 Å². The molecule has 0 bridgehead atoms. The zero-order valence-corrected chi connectivity index (χ0v) is 12.5. The van der Waals surface area contributed by atoms with Gasteiger partial charge < -0.3 is 10.1 Å². The number of rotatable bonds is 6. The first-order valence-electron chi connectivity index (χ1n) is 6.68. The maximum absolute atomic E-state index is 11.5. The molecule has 22 heavy (non-hydrogen) atoms. The number of hydrogen-bond donors (Lipinski definition) is 1. The molecule has 5 nitrogen and oxygen atoms in total. The van der Waals surface area contributed by atoms with Crippen molar-refractivity contribution in [2.75, 3.05) is 5.32 Å². The number of hydrogen-bond acceptors (Lipinski definition) is 4. The largest absolute Gasteiger partial charge is 0.486 e. The molecule has 1 heterocycles. The highest BCUT2D eigenvalue weighted by Gasteiger charge is 2.07. The average molecular weight is 316 g/mol. The van der Waals surface area contributed by atoms with Crippen molar-refractivity contribution in [1.82, 2.24) is 4.98 Å². The molecule has 0 aliphatic carbocycles. The highest BCUT2D eigenvalue weighted by molar-refractivity contribution is 6.32.